The molecule has 0 N–H and O–H groups in total. The van der Waals surface area contributed by atoms with Gasteiger partial charge in [-0.05, 0) is 55.3 Å². The Morgan fingerprint density at radius 3 is 2.74 bits per heavy atom. The molecule has 0 amide bonds. The number of nitrogens with zero attached hydrogens (tertiary/aromatic N) is 3. The Bertz CT molecular complexity index is 1210. The maximum absolute atomic E-state index is 13.2. The molecule has 0 saturated carbocycles. The molecule has 7 heteroatoms. The number of aromatic nitrogens is 2. The molecule has 0 spiro atoms. The van der Waals surface area contributed by atoms with Crippen LogP contribution in [0, 0.1) is 12.3 Å². The molecule has 160 valence electrons. The maximum Gasteiger partial charge on any atom is 0.282 e. The highest BCUT2D eigenvalue weighted by molar-refractivity contribution is 9.10. The first-order valence-corrected chi connectivity index (χ1v) is 10.9. The van der Waals surface area contributed by atoms with Crippen molar-refractivity contribution >= 4 is 33.0 Å². The molecule has 0 fully saturated rings. The average molecular weight is 482 g/mol. The van der Waals surface area contributed by atoms with Crippen LogP contribution in [-0.4, -0.2) is 29.1 Å². The van der Waals surface area contributed by atoms with E-state index in [1.54, 1.807) is 24.4 Å². The molecule has 0 aliphatic heterocycles. The molecular formula is C24H24BrN3O3. The maximum atomic E-state index is 13.2. The number of halogens is 1. The first kappa shape index (κ1) is 22.6. The van der Waals surface area contributed by atoms with Crippen LogP contribution >= 0.6 is 15.9 Å². The van der Waals surface area contributed by atoms with Gasteiger partial charge in [-0.3, -0.25) is 4.79 Å². The molecule has 0 aliphatic carbocycles. The average Bonchev–Trinajstić information content (AvgIpc) is 2.77. The summed E-state index contributed by atoms with van der Waals surface area (Å²) in [7, 11) is 0. The standard InChI is InChI=1S/C24H24BrN3O3/c1-5-12-31-21-11-8-17(13-22(21)30-7-3)15-26-28-23(16(4)6-2)27-20-10-9-18(25)14-19(20)24(28)29/h1,8-11,13-16H,6-7,12H2,2-4H3/t16-/m1/s1. The third-order valence-electron chi connectivity index (χ3n) is 4.79. The van der Waals surface area contributed by atoms with Crippen molar-refractivity contribution in [3.8, 4) is 23.8 Å². The Morgan fingerprint density at radius 2 is 2.03 bits per heavy atom. The van der Waals surface area contributed by atoms with Crippen LogP contribution in [-0.2, 0) is 0 Å². The second kappa shape index (κ2) is 10.3. The van der Waals surface area contributed by atoms with Gasteiger partial charge in [0.1, 0.15) is 12.4 Å². The van der Waals surface area contributed by atoms with Crippen LogP contribution in [0.25, 0.3) is 10.9 Å². The van der Waals surface area contributed by atoms with E-state index in [9.17, 15) is 4.79 Å². The first-order chi connectivity index (χ1) is 15.0. The van der Waals surface area contributed by atoms with Gasteiger partial charge in [-0.2, -0.15) is 9.78 Å². The summed E-state index contributed by atoms with van der Waals surface area (Å²) in [6.07, 6.45) is 7.73. The van der Waals surface area contributed by atoms with Gasteiger partial charge in [-0.25, -0.2) is 4.98 Å². The van der Waals surface area contributed by atoms with E-state index in [1.165, 1.54) is 4.68 Å². The van der Waals surface area contributed by atoms with Gasteiger partial charge < -0.3 is 9.47 Å². The summed E-state index contributed by atoms with van der Waals surface area (Å²) in [5, 5.41) is 5.00. The van der Waals surface area contributed by atoms with Crippen molar-refractivity contribution < 1.29 is 9.47 Å². The number of fused-ring (bicyclic) bond motifs is 1. The third-order valence-corrected chi connectivity index (χ3v) is 5.28. The summed E-state index contributed by atoms with van der Waals surface area (Å²) in [4.78, 5) is 17.9. The Labute approximate surface area is 190 Å². The molecule has 1 aromatic heterocycles. The van der Waals surface area contributed by atoms with Crippen molar-refractivity contribution in [1.29, 1.82) is 0 Å². The molecule has 31 heavy (non-hydrogen) atoms. The van der Waals surface area contributed by atoms with E-state index in [4.69, 9.17) is 20.9 Å². The zero-order valence-corrected chi connectivity index (χ0v) is 19.3. The Morgan fingerprint density at radius 1 is 1.23 bits per heavy atom. The lowest BCUT2D eigenvalue weighted by Crippen LogP contribution is -2.23. The van der Waals surface area contributed by atoms with Crippen LogP contribution < -0.4 is 15.0 Å². The first-order valence-electron chi connectivity index (χ1n) is 10.1. The zero-order valence-electron chi connectivity index (χ0n) is 17.8. The molecule has 3 aromatic rings. The highest BCUT2D eigenvalue weighted by Crippen LogP contribution is 2.28. The molecule has 1 atom stereocenters. The summed E-state index contributed by atoms with van der Waals surface area (Å²) in [5.41, 5.74) is 1.20. The second-order valence-corrected chi connectivity index (χ2v) is 7.85. The number of benzene rings is 2. The topological polar surface area (TPSA) is 65.7 Å². The van der Waals surface area contributed by atoms with Gasteiger partial charge in [-0.15, -0.1) is 6.42 Å². The highest BCUT2D eigenvalue weighted by atomic mass is 79.9. The summed E-state index contributed by atoms with van der Waals surface area (Å²) in [6, 6.07) is 10.9. The molecule has 0 unspecified atom stereocenters. The van der Waals surface area contributed by atoms with Crippen LogP contribution in [0.5, 0.6) is 11.5 Å². The predicted octanol–water partition coefficient (Wildman–Crippen LogP) is 4.97. The number of ether oxygens (including phenoxy) is 2. The van der Waals surface area contributed by atoms with E-state index in [-0.39, 0.29) is 18.1 Å². The normalized spacial score (nSPS) is 12.1. The van der Waals surface area contributed by atoms with Crippen molar-refractivity contribution in [3.05, 3.63) is 62.6 Å². The predicted molar refractivity (Wildman–Crippen MR) is 127 cm³/mol. The number of hydrogen-bond donors (Lipinski definition) is 0. The van der Waals surface area contributed by atoms with Crippen molar-refractivity contribution in [2.75, 3.05) is 13.2 Å². The van der Waals surface area contributed by atoms with E-state index in [0.29, 0.717) is 34.8 Å². The van der Waals surface area contributed by atoms with Crippen molar-refractivity contribution in [1.82, 2.24) is 9.66 Å². The van der Waals surface area contributed by atoms with Crippen molar-refractivity contribution in [3.63, 3.8) is 0 Å². The third kappa shape index (κ3) is 5.15. The van der Waals surface area contributed by atoms with Crippen LogP contribution in [0.3, 0.4) is 0 Å². The number of hydrogen-bond acceptors (Lipinski definition) is 5. The molecule has 2 aromatic carbocycles. The Kier molecular flexibility index (Phi) is 7.48. The van der Waals surface area contributed by atoms with Gasteiger partial charge >= 0.3 is 0 Å². The lowest BCUT2D eigenvalue weighted by Gasteiger charge is -2.14. The molecular weight excluding hydrogens is 458 g/mol. The van der Waals surface area contributed by atoms with Gasteiger partial charge in [0.2, 0.25) is 0 Å². The van der Waals surface area contributed by atoms with Crippen LogP contribution in [0.4, 0.5) is 0 Å². The summed E-state index contributed by atoms with van der Waals surface area (Å²) in [5.74, 6) is 4.26. The van der Waals surface area contributed by atoms with Gasteiger partial charge in [0.15, 0.2) is 11.5 Å². The monoisotopic (exact) mass is 481 g/mol. The fraction of sp³-hybridized carbons (Fsp3) is 0.292. The van der Waals surface area contributed by atoms with E-state index >= 15 is 0 Å². The van der Waals surface area contributed by atoms with Crippen LogP contribution in [0.15, 0.2) is 50.8 Å². The highest BCUT2D eigenvalue weighted by Gasteiger charge is 2.15. The molecule has 3 rings (SSSR count). The van der Waals surface area contributed by atoms with Gasteiger partial charge in [-0.1, -0.05) is 35.7 Å². The summed E-state index contributed by atoms with van der Waals surface area (Å²) in [6.45, 7) is 6.61. The van der Waals surface area contributed by atoms with Gasteiger partial charge in [0, 0.05) is 10.4 Å². The van der Waals surface area contributed by atoms with Gasteiger partial charge in [0.05, 0.1) is 23.7 Å². The van der Waals surface area contributed by atoms with E-state index in [2.05, 4.69) is 33.9 Å². The fourth-order valence-corrected chi connectivity index (χ4v) is 3.38. The zero-order chi connectivity index (χ0) is 22.4. The lowest BCUT2D eigenvalue weighted by atomic mass is 10.1. The summed E-state index contributed by atoms with van der Waals surface area (Å²) < 4.78 is 13.4. The lowest BCUT2D eigenvalue weighted by molar-refractivity contribution is 0.299. The van der Waals surface area contributed by atoms with Crippen molar-refractivity contribution in [2.24, 2.45) is 5.10 Å². The largest absolute Gasteiger partial charge is 0.490 e. The van der Waals surface area contributed by atoms with E-state index < -0.39 is 0 Å². The van der Waals surface area contributed by atoms with Crippen LogP contribution in [0.1, 0.15) is 44.5 Å². The molecule has 1 heterocycles. The molecule has 6 nitrogen and oxygen atoms in total. The fourth-order valence-electron chi connectivity index (χ4n) is 3.02. The van der Waals surface area contributed by atoms with Crippen LogP contribution in [0.2, 0.25) is 0 Å². The minimum absolute atomic E-state index is 0.0661. The molecule has 0 saturated heterocycles. The van der Waals surface area contributed by atoms with Gasteiger partial charge in [0.25, 0.3) is 5.56 Å². The number of terminal acetylenes is 1. The minimum Gasteiger partial charge on any atom is -0.490 e. The van der Waals surface area contributed by atoms with E-state index in [1.807, 2.05) is 32.0 Å². The number of rotatable bonds is 8. The Balaban J connectivity index is 2.07. The minimum atomic E-state index is -0.211. The molecule has 0 aliphatic rings. The van der Waals surface area contributed by atoms with Crippen molar-refractivity contribution in [2.45, 2.75) is 33.1 Å². The second-order valence-electron chi connectivity index (χ2n) is 6.93. The van der Waals surface area contributed by atoms with E-state index in [0.717, 1.165) is 16.5 Å². The summed E-state index contributed by atoms with van der Waals surface area (Å²) >= 11 is 3.42. The SMILES string of the molecule is C#CCOc1ccc(C=Nn2c([C@H](C)CC)nc3ccc(Br)cc3c2=O)cc1OCC. The molecule has 0 bridgehead atoms. The Hall–Kier alpha value is -3.11. The quantitative estimate of drug-likeness (QED) is 0.336. The smallest absolute Gasteiger partial charge is 0.282 e. The molecule has 0 radical (unpaired) electrons.